The fourth-order valence-electron chi connectivity index (χ4n) is 1.94. The summed E-state index contributed by atoms with van der Waals surface area (Å²) in [6.07, 6.45) is 0. The first-order valence-corrected chi connectivity index (χ1v) is 6.91. The number of hydrogen-bond acceptors (Lipinski definition) is 2. The molecule has 0 amide bonds. The van der Waals surface area contributed by atoms with Gasteiger partial charge in [-0.2, -0.15) is 0 Å². The van der Waals surface area contributed by atoms with Crippen LogP contribution in [0.5, 0.6) is 0 Å². The van der Waals surface area contributed by atoms with Crippen LogP contribution in [0.15, 0.2) is 51.4 Å². The maximum atomic E-state index is 13.8. The smallest absolute Gasteiger partial charge is 0.231 e. The summed E-state index contributed by atoms with van der Waals surface area (Å²) in [6.45, 7) is 0. The summed E-state index contributed by atoms with van der Waals surface area (Å²) in [5, 5.41) is 1.12. The Morgan fingerprint density at radius 3 is 2.70 bits per heavy atom. The molecular formula is C15H7BrClFO2. The minimum Gasteiger partial charge on any atom is -0.453 e. The van der Waals surface area contributed by atoms with Gasteiger partial charge in [0.2, 0.25) is 5.78 Å². The number of carbonyl (C=O) groups excluding carboxylic acids is 1. The lowest BCUT2D eigenvalue weighted by Gasteiger charge is -2.00. The lowest BCUT2D eigenvalue weighted by molar-refractivity contribution is 0.101. The molecule has 0 atom stereocenters. The summed E-state index contributed by atoms with van der Waals surface area (Å²) in [4.78, 5) is 12.3. The first-order valence-electron chi connectivity index (χ1n) is 5.74. The molecule has 0 unspecified atom stereocenters. The van der Waals surface area contributed by atoms with E-state index >= 15 is 0 Å². The minimum absolute atomic E-state index is 0.0385. The second kappa shape index (κ2) is 5.04. The summed E-state index contributed by atoms with van der Waals surface area (Å²) < 4.78 is 19.8. The van der Waals surface area contributed by atoms with Crippen molar-refractivity contribution in [3.05, 3.63) is 69.1 Å². The number of ketones is 1. The Balaban J connectivity index is 2.10. The fourth-order valence-corrected chi connectivity index (χ4v) is 2.50. The molecule has 0 spiro atoms. The third-order valence-electron chi connectivity index (χ3n) is 2.91. The third-order valence-corrected chi connectivity index (χ3v) is 3.73. The number of furan rings is 1. The van der Waals surface area contributed by atoms with Crippen LogP contribution in [0.2, 0.25) is 5.02 Å². The van der Waals surface area contributed by atoms with Gasteiger partial charge in [0.1, 0.15) is 11.4 Å². The zero-order chi connectivity index (χ0) is 14.3. The average molecular weight is 354 g/mol. The zero-order valence-corrected chi connectivity index (χ0v) is 12.3. The molecule has 1 aromatic heterocycles. The third kappa shape index (κ3) is 2.25. The molecule has 2 aromatic carbocycles. The van der Waals surface area contributed by atoms with Crippen LogP contribution in [0.4, 0.5) is 4.39 Å². The fraction of sp³-hybridized carbons (Fsp3) is 0. The van der Waals surface area contributed by atoms with Gasteiger partial charge in [-0.3, -0.25) is 4.79 Å². The minimum atomic E-state index is -0.601. The highest BCUT2D eigenvalue weighted by molar-refractivity contribution is 9.10. The number of hydrogen-bond donors (Lipinski definition) is 0. The van der Waals surface area contributed by atoms with Crippen molar-refractivity contribution >= 4 is 44.3 Å². The monoisotopic (exact) mass is 352 g/mol. The Morgan fingerprint density at radius 2 is 2.00 bits per heavy atom. The van der Waals surface area contributed by atoms with Crippen LogP contribution in [0.3, 0.4) is 0 Å². The topological polar surface area (TPSA) is 30.2 Å². The lowest BCUT2D eigenvalue weighted by Crippen LogP contribution is -2.02. The number of carbonyl (C=O) groups is 1. The van der Waals surface area contributed by atoms with Gasteiger partial charge < -0.3 is 4.42 Å². The van der Waals surface area contributed by atoms with E-state index in [1.807, 2.05) is 0 Å². The van der Waals surface area contributed by atoms with Crippen LogP contribution >= 0.6 is 27.5 Å². The Morgan fingerprint density at radius 1 is 1.20 bits per heavy atom. The average Bonchev–Trinajstić information content (AvgIpc) is 2.83. The highest BCUT2D eigenvalue weighted by Gasteiger charge is 2.19. The highest BCUT2D eigenvalue weighted by Crippen LogP contribution is 2.28. The van der Waals surface area contributed by atoms with E-state index in [2.05, 4.69) is 15.9 Å². The van der Waals surface area contributed by atoms with Gasteiger partial charge in [0.15, 0.2) is 5.76 Å². The van der Waals surface area contributed by atoms with Gasteiger partial charge in [0.25, 0.3) is 0 Å². The Bertz CT molecular complexity index is 826. The van der Waals surface area contributed by atoms with E-state index < -0.39 is 11.6 Å². The van der Waals surface area contributed by atoms with Crippen molar-refractivity contribution in [3.8, 4) is 0 Å². The molecule has 0 aliphatic heterocycles. The lowest BCUT2D eigenvalue weighted by atomic mass is 10.1. The van der Waals surface area contributed by atoms with E-state index in [0.717, 1.165) is 0 Å². The van der Waals surface area contributed by atoms with Gasteiger partial charge in [0.05, 0.1) is 10.6 Å². The van der Waals surface area contributed by atoms with Gasteiger partial charge in [0, 0.05) is 9.86 Å². The quantitative estimate of drug-likeness (QED) is 0.591. The second-order valence-electron chi connectivity index (χ2n) is 4.22. The second-order valence-corrected chi connectivity index (χ2v) is 5.54. The van der Waals surface area contributed by atoms with Gasteiger partial charge in [-0.15, -0.1) is 0 Å². The summed E-state index contributed by atoms with van der Waals surface area (Å²) >= 11 is 9.17. The van der Waals surface area contributed by atoms with E-state index in [0.29, 0.717) is 20.5 Å². The van der Waals surface area contributed by atoms with Crippen LogP contribution < -0.4 is 0 Å². The maximum absolute atomic E-state index is 13.8. The molecule has 0 N–H and O–H groups in total. The molecule has 0 radical (unpaired) electrons. The zero-order valence-electron chi connectivity index (χ0n) is 9.99. The summed E-state index contributed by atoms with van der Waals surface area (Å²) in [6, 6.07) is 10.9. The SMILES string of the molecule is O=C(c1cc2c(Cl)cccc2o1)c1ccc(Br)cc1F. The van der Waals surface area contributed by atoms with Gasteiger partial charge in [-0.05, 0) is 36.4 Å². The largest absolute Gasteiger partial charge is 0.453 e. The number of halogens is 3. The van der Waals surface area contributed by atoms with Crippen molar-refractivity contribution in [3.63, 3.8) is 0 Å². The van der Waals surface area contributed by atoms with Crippen molar-refractivity contribution in [2.75, 3.05) is 0 Å². The van der Waals surface area contributed by atoms with Crippen molar-refractivity contribution in [2.45, 2.75) is 0 Å². The van der Waals surface area contributed by atoms with Crippen LogP contribution in [-0.4, -0.2) is 5.78 Å². The molecule has 5 heteroatoms. The molecule has 3 rings (SSSR count). The number of fused-ring (bicyclic) bond motifs is 1. The van der Waals surface area contributed by atoms with Gasteiger partial charge >= 0.3 is 0 Å². The molecule has 2 nitrogen and oxygen atoms in total. The van der Waals surface area contributed by atoms with Gasteiger partial charge in [-0.25, -0.2) is 4.39 Å². The van der Waals surface area contributed by atoms with Crippen molar-refractivity contribution < 1.29 is 13.6 Å². The predicted octanol–water partition coefficient (Wildman–Crippen LogP) is 5.22. The van der Waals surface area contributed by atoms with Crippen LogP contribution in [0.1, 0.15) is 16.1 Å². The van der Waals surface area contributed by atoms with Crippen molar-refractivity contribution in [1.29, 1.82) is 0 Å². The Hall–Kier alpha value is -1.65. The van der Waals surface area contributed by atoms with E-state index in [4.69, 9.17) is 16.0 Å². The molecule has 3 aromatic rings. The maximum Gasteiger partial charge on any atom is 0.231 e. The van der Waals surface area contributed by atoms with Crippen LogP contribution in [0, 0.1) is 5.82 Å². The van der Waals surface area contributed by atoms with E-state index in [1.54, 1.807) is 24.3 Å². The molecule has 0 saturated heterocycles. The van der Waals surface area contributed by atoms with Crippen LogP contribution in [0.25, 0.3) is 11.0 Å². The normalized spacial score (nSPS) is 10.9. The Kier molecular flexibility index (Phi) is 3.36. The molecule has 0 saturated carbocycles. The molecule has 1 heterocycles. The first-order chi connectivity index (χ1) is 9.56. The summed E-state index contributed by atoms with van der Waals surface area (Å²) in [5.74, 6) is -1.05. The summed E-state index contributed by atoms with van der Waals surface area (Å²) in [7, 11) is 0. The number of rotatable bonds is 2. The molecule has 0 bridgehead atoms. The van der Waals surface area contributed by atoms with Crippen LogP contribution in [-0.2, 0) is 0 Å². The first kappa shape index (κ1) is 13.3. The highest BCUT2D eigenvalue weighted by atomic mass is 79.9. The molecule has 0 fully saturated rings. The predicted molar refractivity (Wildman–Crippen MR) is 78.8 cm³/mol. The molecule has 0 aliphatic rings. The van der Waals surface area contributed by atoms with E-state index in [9.17, 15) is 9.18 Å². The van der Waals surface area contributed by atoms with E-state index in [1.165, 1.54) is 18.2 Å². The van der Waals surface area contributed by atoms with E-state index in [-0.39, 0.29) is 11.3 Å². The molecular weight excluding hydrogens is 347 g/mol. The standard InChI is InChI=1S/C15H7BrClFO2/c16-8-4-5-9(12(18)6-8)15(19)14-7-10-11(17)2-1-3-13(10)20-14/h1-7H. The number of benzene rings is 2. The molecule has 20 heavy (non-hydrogen) atoms. The van der Waals surface area contributed by atoms with Crippen molar-refractivity contribution in [2.24, 2.45) is 0 Å². The van der Waals surface area contributed by atoms with Crippen molar-refractivity contribution in [1.82, 2.24) is 0 Å². The molecule has 100 valence electrons. The Labute approximate surface area is 127 Å². The molecule has 0 aliphatic carbocycles. The summed E-state index contributed by atoms with van der Waals surface area (Å²) in [5.41, 5.74) is 0.460. The van der Waals surface area contributed by atoms with Gasteiger partial charge in [-0.1, -0.05) is 33.6 Å².